The number of hydrogen-bond donors (Lipinski definition) is 3. The Morgan fingerprint density at radius 2 is 2.38 bits per heavy atom. The van der Waals surface area contributed by atoms with Crippen LogP contribution < -0.4 is 10.6 Å². The minimum atomic E-state index is 0.111. The van der Waals surface area contributed by atoms with Gasteiger partial charge in [-0.1, -0.05) is 0 Å². The number of amides is 1. The van der Waals surface area contributed by atoms with Gasteiger partial charge in [-0.25, -0.2) is 0 Å². The van der Waals surface area contributed by atoms with E-state index in [1.807, 2.05) is 0 Å². The molecule has 0 spiro atoms. The van der Waals surface area contributed by atoms with Crippen LogP contribution in [0.1, 0.15) is 19.3 Å². The molecule has 1 amide bonds. The van der Waals surface area contributed by atoms with Gasteiger partial charge >= 0.3 is 0 Å². The topological polar surface area (TPSA) is 61.4 Å². The summed E-state index contributed by atoms with van der Waals surface area (Å²) in [6.07, 6.45) is 2.70. The third-order valence-corrected chi connectivity index (χ3v) is 2.61. The SMILES string of the molecule is CNC(=O)C1CCC(CCO)NC1. The lowest BCUT2D eigenvalue weighted by Crippen LogP contribution is -2.44. The normalized spacial score (nSPS) is 28.5. The third kappa shape index (κ3) is 2.97. The lowest BCUT2D eigenvalue weighted by Gasteiger charge is -2.28. The van der Waals surface area contributed by atoms with Crippen LogP contribution in [0.5, 0.6) is 0 Å². The zero-order chi connectivity index (χ0) is 9.68. The van der Waals surface area contributed by atoms with Gasteiger partial charge in [-0.15, -0.1) is 0 Å². The second-order valence-electron chi connectivity index (χ2n) is 3.51. The van der Waals surface area contributed by atoms with E-state index in [1.54, 1.807) is 7.05 Å². The lowest BCUT2D eigenvalue weighted by atomic mass is 9.93. The second-order valence-corrected chi connectivity index (χ2v) is 3.51. The van der Waals surface area contributed by atoms with Crippen molar-refractivity contribution in [3.8, 4) is 0 Å². The molecule has 1 aliphatic heterocycles. The molecule has 1 aliphatic rings. The number of carbonyl (C=O) groups is 1. The van der Waals surface area contributed by atoms with Crippen molar-refractivity contribution in [1.29, 1.82) is 0 Å². The molecule has 0 saturated carbocycles. The highest BCUT2D eigenvalue weighted by atomic mass is 16.3. The average molecular weight is 186 g/mol. The number of rotatable bonds is 3. The molecule has 1 fully saturated rings. The average Bonchev–Trinajstić information content (AvgIpc) is 2.18. The Morgan fingerprint density at radius 1 is 1.62 bits per heavy atom. The monoisotopic (exact) mass is 186 g/mol. The van der Waals surface area contributed by atoms with Crippen LogP contribution in [-0.2, 0) is 4.79 Å². The maximum Gasteiger partial charge on any atom is 0.224 e. The molecule has 3 N–H and O–H groups in total. The molecule has 0 aromatic heterocycles. The van der Waals surface area contributed by atoms with Crippen molar-refractivity contribution in [2.24, 2.45) is 5.92 Å². The number of hydrogen-bond acceptors (Lipinski definition) is 3. The predicted molar refractivity (Wildman–Crippen MR) is 50.3 cm³/mol. The van der Waals surface area contributed by atoms with Crippen LogP contribution in [0.2, 0.25) is 0 Å². The fourth-order valence-corrected chi connectivity index (χ4v) is 1.75. The molecule has 0 bridgehead atoms. The Labute approximate surface area is 78.7 Å². The Bertz CT molecular complexity index is 165. The zero-order valence-corrected chi connectivity index (χ0v) is 8.05. The third-order valence-electron chi connectivity index (χ3n) is 2.61. The highest BCUT2D eigenvalue weighted by Crippen LogP contribution is 2.15. The summed E-state index contributed by atoms with van der Waals surface area (Å²) in [6.45, 7) is 0.965. The Hall–Kier alpha value is -0.610. The fraction of sp³-hybridized carbons (Fsp3) is 0.889. The maximum atomic E-state index is 11.2. The second kappa shape index (κ2) is 5.19. The first-order valence-electron chi connectivity index (χ1n) is 4.83. The molecule has 4 heteroatoms. The minimum Gasteiger partial charge on any atom is -0.396 e. The molecule has 1 rings (SSSR count). The molecule has 0 aliphatic carbocycles. The summed E-state index contributed by atoms with van der Waals surface area (Å²) in [6, 6.07) is 0.394. The molecule has 2 atom stereocenters. The summed E-state index contributed by atoms with van der Waals surface area (Å²) in [5.74, 6) is 0.231. The van der Waals surface area contributed by atoms with Crippen molar-refractivity contribution in [1.82, 2.24) is 10.6 Å². The van der Waals surface area contributed by atoms with E-state index in [2.05, 4.69) is 10.6 Å². The molecule has 1 heterocycles. The van der Waals surface area contributed by atoms with E-state index in [1.165, 1.54) is 0 Å². The smallest absolute Gasteiger partial charge is 0.224 e. The van der Waals surface area contributed by atoms with Crippen molar-refractivity contribution in [3.05, 3.63) is 0 Å². The quantitative estimate of drug-likeness (QED) is 0.556. The molecule has 2 unspecified atom stereocenters. The van der Waals surface area contributed by atoms with Crippen molar-refractivity contribution in [2.45, 2.75) is 25.3 Å². The van der Waals surface area contributed by atoms with Gasteiger partial charge in [-0.2, -0.15) is 0 Å². The molecule has 0 aromatic carbocycles. The zero-order valence-electron chi connectivity index (χ0n) is 8.05. The number of aliphatic hydroxyl groups excluding tert-OH is 1. The van der Waals surface area contributed by atoms with Gasteiger partial charge in [0.2, 0.25) is 5.91 Å². The Kier molecular flexibility index (Phi) is 4.18. The maximum absolute atomic E-state index is 11.2. The van der Waals surface area contributed by atoms with Gasteiger partial charge in [-0.3, -0.25) is 4.79 Å². The van der Waals surface area contributed by atoms with Gasteiger partial charge in [0, 0.05) is 26.2 Å². The number of piperidine rings is 1. The summed E-state index contributed by atoms with van der Waals surface area (Å²) < 4.78 is 0. The molecular formula is C9H18N2O2. The molecule has 1 saturated heterocycles. The van der Waals surface area contributed by atoms with Gasteiger partial charge < -0.3 is 15.7 Å². The van der Waals surface area contributed by atoms with Crippen LogP contribution in [0.15, 0.2) is 0 Å². The Morgan fingerprint density at radius 3 is 2.85 bits per heavy atom. The highest BCUT2D eigenvalue weighted by Gasteiger charge is 2.24. The lowest BCUT2D eigenvalue weighted by molar-refractivity contribution is -0.125. The molecule has 4 nitrogen and oxygen atoms in total. The summed E-state index contributed by atoms with van der Waals surface area (Å²) in [5, 5.41) is 14.6. The first-order chi connectivity index (χ1) is 6.27. The van der Waals surface area contributed by atoms with Gasteiger partial charge in [0.25, 0.3) is 0 Å². The molecular weight excluding hydrogens is 168 g/mol. The van der Waals surface area contributed by atoms with Gasteiger partial charge in [0.1, 0.15) is 0 Å². The minimum absolute atomic E-state index is 0.111. The first kappa shape index (κ1) is 10.5. The number of aliphatic hydroxyl groups is 1. The van der Waals surface area contributed by atoms with Crippen LogP contribution in [0.25, 0.3) is 0 Å². The van der Waals surface area contributed by atoms with Crippen molar-refractivity contribution in [2.75, 3.05) is 20.2 Å². The molecule has 76 valence electrons. The van der Waals surface area contributed by atoms with Crippen molar-refractivity contribution >= 4 is 5.91 Å². The highest BCUT2D eigenvalue weighted by molar-refractivity contribution is 5.78. The standard InChI is InChI=1S/C9H18N2O2/c1-10-9(13)7-2-3-8(4-5-12)11-6-7/h7-8,11-12H,2-6H2,1H3,(H,10,13). The van der Waals surface area contributed by atoms with Crippen LogP contribution in [0.3, 0.4) is 0 Å². The predicted octanol–water partition coefficient (Wildman–Crippen LogP) is -0.517. The van der Waals surface area contributed by atoms with E-state index in [9.17, 15) is 4.79 Å². The number of nitrogens with one attached hydrogen (secondary N) is 2. The van der Waals surface area contributed by atoms with Crippen molar-refractivity contribution in [3.63, 3.8) is 0 Å². The van der Waals surface area contributed by atoms with Gasteiger partial charge in [-0.05, 0) is 19.3 Å². The fourth-order valence-electron chi connectivity index (χ4n) is 1.75. The van der Waals surface area contributed by atoms with E-state index in [4.69, 9.17) is 5.11 Å². The number of carbonyl (C=O) groups excluding carboxylic acids is 1. The summed E-state index contributed by atoms with van der Waals surface area (Å²) in [7, 11) is 1.67. The van der Waals surface area contributed by atoms with Gasteiger partial charge in [0.05, 0.1) is 5.92 Å². The molecule has 13 heavy (non-hydrogen) atoms. The van der Waals surface area contributed by atoms with Crippen molar-refractivity contribution < 1.29 is 9.90 Å². The van der Waals surface area contributed by atoms with E-state index in [-0.39, 0.29) is 18.4 Å². The van der Waals surface area contributed by atoms with Crippen LogP contribution in [-0.4, -0.2) is 37.3 Å². The van der Waals surface area contributed by atoms with Crippen LogP contribution in [0.4, 0.5) is 0 Å². The largest absolute Gasteiger partial charge is 0.396 e. The van der Waals surface area contributed by atoms with E-state index in [0.29, 0.717) is 6.04 Å². The Balaban J connectivity index is 2.26. The van der Waals surface area contributed by atoms with Gasteiger partial charge in [0.15, 0.2) is 0 Å². The summed E-state index contributed by atoms with van der Waals surface area (Å²) in [5.41, 5.74) is 0. The van der Waals surface area contributed by atoms with Crippen LogP contribution in [0, 0.1) is 5.92 Å². The van der Waals surface area contributed by atoms with E-state index in [0.717, 1.165) is 25.8 Å². The van der Waals surface area contributed by atoms with Crippen LogP contribution >= 0.6 is 0 Å². The summed E-state index contributed by atoms with van der Waals surface area (Å²) in [4.78, 5) is 11.2. The molecule has 0 radical (unpaired) electrons. The van der Waals surface area contributed by atoms with E-state index < -0.39 is 0 Å². The molecule has 0 aromatic rings. The van der Waals surface area contributed by atoms with E-state index >= 15 is 0 Å². The summed E-state index contributed by atoms with van der Waals surface area (Å²) >= 11 is 0. The first-order valence-corrected chi connectivity index (χ1v) is 4.83.